The zero-order chi connectivity index (χ0) is 10.7. The molecule has 1 aliphatic carbocycles. The first-order valence-electron chi connectivity index (χ1n) is 5.21. The van der Waals surface area contributed by atoms with Crippen molar-refractivity contribution in [3.8, 4) is 0 Å². The Morgan fingerprint density at radius 2 is 2.47 bits per heavy atom. The van der Waals surface area contributed by atoms with Crippen molar-refractivity contribution in [2.45, 2.75) is 25.2 Å². The van der Waals surface area contributed by atoms with Crippen LogP contribution in [0.4, 0.5) is 4.79 Å². The molecule has 3 nitrogen and oxygen atoms in total. The van der Waals surface area contributed by atoms with Gasteiger partial charge >= 0.3 is 6.09 Å². The summed E-state index contributed by atoms with van der Waals surface area (Å²) >= 11 is 1.77. The summed E-state index contributed by atoms with van der Waals surface area (Å²) in [6, 6.07) is 4.20. The van der Waals surface area contributed by atoms with Crippen molar-refractivity contribution in [2.75, 3.05) is 13.2 Å². The molecule has 1 fully saturated rings. The van der Waals surface area contributed by atoms with Crippen LogP contribution in [0.15, 0.2) is 17.5 Å². The molecule has 0 spiro atoms. The van der Waals surface area contributed by atoms with Gasteiger partial charge in [0.2, 0.25) is 0 Å². The number of rotatable bonds is 4. The second kappa shape index (κ2) is 4.23. The maximum atomic E-state index is 11.2. The zero-order valence-corrected chi connectivity index (χ0v) is 9.60. The van der Waals surface area contributed by atoms with Gasteiger partial charge in [0, 0.05) is 16.8 Å². The molecule has 0 bridgehead atoms. The van der Waals surface area contributed by atoms with E-state index in [4.69, 9.17) is 4.74 Å². The average molecular weight is 225 g/mol. The summed E-state index contributed by atoms with van der Waals surface area (Å²) in [5, 5.41) is 4.90. The second-order valence-corrected chi connectivity index (χ2v) is 4.78. The van der Waals surface area contributed by atoms with E-state index in [0.29, 0.717) is 13.2 Å². The van der Waals surface area contributed by atoms with Gasteiger partial charge in [-0.3, -0.25) is 0 Å². The van der Waals surface area contributed by atoms with Gasteiger partial charge in [-0.25, -0.2) is 4.79 Å². The molecule has 1 aliphatic rings. The Labute approximate surface area is 93.4 Å². The molecule has 0 radical (unpaired) electrons. The quantitative estimate of drug-likeness (QED) is 0.855. The van der Waals surface area contributed by atoms with Crippen molar-refractivity contribution in [1.29, 1.82) is 0 Å². The highest BCUT2D eigenvalue weighted by atomic mass is 32.1. The third-order valence-corrected chi connectivity index (χ3v) is 3.86. The monoisotopic (exact) mass is 225 g/mol. The summed E-state index contributed by atoms with van der Waals surface area (Å²) in [7, 11) is 0. The number of carbonyl (C=O) groups is 1. The first-order chi connectivity index (χ1) is 7.27. The van der Waals surface area contributed by atoms with E-state index < -0.39 is 0 Å². The molecule has 0 saturated heterocycles. The molecule has 82 valence electrons. The van der Waals surface area contributed by atoms with Crippen LogP contribution in [-0.2, 0) is 10.2 Å². The fourth-order valence-corrected chi connectivity index (χ4v) is 2.65. The third-order valence-electron chi connectivity index (χ3n) is 2.74. The Morgan fingerprint density at radius 3 is 3.00 bits per heavy atom. The van der Waals surface area contributed by atoms with Gasteiger partial charge in [0.25, 0.3) is 0 Å². The van der Waals surface area contributed by atoms with Gasteiger partial charge in [-0.05, 0) is 31.2 Å². The molecule has 0 unspecified atom stereocenters. The highest BCUT2D eigenvalue weighted by molar-refractivity contribution is 7.10. The Hall–Kier alpha value is -1.03. The first-order valence-corrected chi connectivity index (χ1v) is 6.09. The van der Waals surface area contributed by atoms with Crippen molar-refractivity contribution in [3.63, 3.8) is 0 Å². The van der Waals surface area contributed by atoms with Crippen LogP contribution in [-0.4, -0.2) is 19.2 Å². The Kier molecular flexibility index (Phi) is 2.95. The van der Waals surface area contributed by atoms with Crippen molar-refractivity contribution < 1.29 is 9.53 Å². The molecule has 0 aliphatic heterocycles. The summed E-state index contributed by atoms with van der Waals surface area (Å²) in [5.41, 5.74) is 0.209. The predicted octanol–water partition coefficient (Wildman–Crippen LogP) is 2.53. The minimum Gasteiger partial charge on any atom is -0.450 e. The fraction of sp³-hybridized carbons (Fsp3) is 0.545. The van der Waals surface area contributed by atoms with Gasteiger partial charge in [-0.2, -0.15) is 0 Å². The van der Waals surface area contributed by atoms with Crippen LogP contribution in [0, 0.1) is 0 Å². The second-order valence-electron chi connectivity index (χ2n) is 3.83. The van der Waals surface area contributed by atoms with Crippen molar-refractivity contribution >= 4 is 17.4 Å². The lowest BCUT2D eigenvalue weighted by Crippen LogP contribution is -2.32. The number of amides is 1. The number of alkyl carbamates (subject to hydrolysis) is 1. The SMILES string of the molecule is CCOC(=O)NCC1(c2cccs2)CC1. The number of ether oxygens (including phenoxy) is 1. The van der Waals surface area contributed by atoms with Crippen LogP contribution in [0.1, 0.15) is 24.6 Å². The van der Waals surface area contributed by atoms with E-state index in [1.165, 1.54) is 17.7 Å². The molecule has 1 N–H and O–H groups in total. The minimum atomic E-state index is -0.305. The zero-order valence-electron chi connectivity index (χ0n) is 8.79. The van der Waals surface area contributed by atoms with Gasteiger partial charge in [-0.1, -0.05) is 6.07 Å². The molecule has 4 heteroatoms. The fourth-order valence-electron chi connectivity index (χ4n) is 1.66. The topological polar surface area (TPSA) is 38.3 Å². The van der Waals surface area contributed by atoms with Gasteiger partial charge in [0.15, 0.2) is 0 Å². The largest absolute Gasteiger partial charge is 0.450 e. The number of thiophene rings is 1. The van der Waals surface area contributed by atoms with Crippen LogP contribution in [0.2, 0.25) is 0 Å². The molecule has 0 aromatic carbocycles. The Morgan fingerprint density at radius 1 is 1.67 bits per heavy atom. The van der Waals surface area contributed by atoms with Crippen molar-refractivity contribution in [2.24, 2.45) is 0 Å². The number of hydrogen-bond acceptors (Lipinski definition) is 3. The molecular formula is C11H15NO2S. The summed E-state index contributed by atoms with van der Waals surface area (Å²) in [5.74, 6) is 0. The molecule has 2 rings (SSSR count). The maximum absolute atomic E-state index is 11.2. The third kappa shape index (κ3) is 2.31. The van der Waals surface area contributed by atoms with E-state index in [9.17, 15) is 4.79 Å². The predicted molar refractivity (Wildman–Crippen MR) is 60.3 cm³/mol. The van der Waals surface area contributed by atoms with Gasteiger partial charge in [0.05, 0.1) is 6.61 Å². The lowest BCUT2D eigenvalue weighted by Gasteiger charge is -2.13. The van der Waals surface area contributed by atoms with Crippen LogP contribution >= 0.6 is 11.3 Å². The summed E-state index contributed by atoms with van der Waals surface area (Å²) in [6.45, 7) is 2.94. The van der Waals surface area contributed by atoms with E-state index in [1.54, 1.807) is 11.3 Å². The van der Waals surface area contributed by atoms with Crippen LogP contribution < -0.4 is 5.32 Å². The highest BCUT2D eigenvalue weighted by Gasteiger charge is 2.45. The van der Waals surface area contributed by atoms with E-state index in [-0.39, 0.29) is 11.5 Å². The summed E-state index contributed by atoms with van der Waals surface area (Å²) in [4.78, 5) is 12.5. The van der Waals surface area contributed by atoms with Gasteiger partial charge < -0.3 is 10.1 Å². The lowest BCUT2D eigenvalue weighted by atomic mass is 10.1. The molecule has 1 amide bonds. The first kappa shape index (κ1) is 10.5. The van der Waals surface area contributed by atoms with E-state index in [0.717, 1.165) is 0 Å². The van der Waals surface area contributed by atoms with Crippen molar-refractivity contribution in [1.82, 2.24) is 5.32 Å². The molecule has 0 atom stereocenters. The smallest absolute Gasteiger partial charge is 0.407 e. The molecule has 15 heavy (non-hydrogen) atoms. The van der Waals surface area contributed by atoms with Gasteiger partial charge in [-0.15, -0.1) is 11.3 Å². The Bertz CT molecular complexity index is 330. The molecular weight excluding hydrogens is 210 g/mol. The Balaban J connectivity index is 1.87. The number of hydrogen-bond donors (Lipinski definition) is 1. The normalized spacial score (nSPS) is 17.1. The van der Waals surface area contributed by atoms with Crippen LogP contribution in [0.5, 0.6) is 0 Å². The minimum absolute atomic E-state index is 0.209. The molecule has 1 heterocycles. The lowest BCUT2D eigenvalue weighted by molar-refractivity contribution is 0.151. The van der Waals surface area contributed by atoms with E-state index in [2.05, 4.69) is 22.8 Å². The van der Waals surface area contributed by atoms with Gasteiger partial charge in [0.1, 0.15) is 0 Å². The summed E-state index contributed by atoms with van der Waals surface area (Å²) in [6.07, 6.45) is 2.03. The maximum Gasteiger partial charge on any atom is 0.407 e. The average Bonchev–Trinajstić information content (AvgIpc) is 2.81. The van der Waals surface area contributed by atoms with E-state index in [1.807, 2.05) is 6.92 Å². The number of nitrogens with one attached hydrogen (secondary N) is 1. The standard InChI is InChI=1S/C11H15NO2S/c1-2-14-10(13)12-8-11(5-6-11)9-4-3-7-15-9/h3-4,7H,2,5-6,8H2,1H3,(H,12,13). The van der Waals surface area contributed by atoms with Crippen molar-refractivity contribution in [3.05, 3.63) is 22.4 Å². The molecule has 1 saturated carbocycles. The van der Waals surface area contributed by atoms with Crippen LogP contribution in [0.3, 0.4) is 0 Å². The van der Waals surface area contributed by atoms with E-state index >= 15 is 0 Å². The van der Waals surface area contributed by atoms with Crippen LogP contribution in [0.25, 0.3) is 0 Å². The highest BCUT2D eigenvalue weighted by Crippen LogP contribution is 2.49. The molecule has 1 aromatic heterocycles. The molecule has 1 aromatic rings. The number of carbonyl (C=O) groups excluding carboxylic acids is 1. The summed E-state index contributed by atoms with van der Waals surface area (Å²) < 4.78 is 4.84.